The standard InChI is InChI=1S/C16H20F2N2O/c1-2-19-9-11-5-6-20(15(7-11)16(19)21)10-12-3-4-13(17)8-14(12)18/h3-4,8,11,15H,2,5-7,9-10H2,1H3/t11-,15+/m0/s1. The number of rotatable bonds is 3. The summed E-state index contributed by atoms with van der Waals surface area (Å²) in [6.07, 6.45) is 1.89. The Hall–Kier alpha value is -1.49. The number of halogens is 2. The maximum atomic E-state index is 13.8. The van der Waals surface area contributed by atoms with Crippen LogP contribution < -0.4 is 0 Å². The minimum Gasteiger partial charge on any atom is -0.341 e. The van der Waals surface area contributed by atoms with Gasteiger partial charge in [0, 0.05) is 31.3 Å². The van der Waals surface area contributed by atoms with Crippen molar-refractivity contribution in [1.29, 1.82) is 0 Å². The maximum Gasteiger partial charge on any atom is 0.239 e. The van der Waals surface area contributed by atoms with Gasteiger partial charge in [-0.2, -0.15) is 0 Å². The average Bonchev–Trinajstić information content (AvgIpc) is 2.47. The molecule has 0 N–H and O–H groups in total. The molecule has 0 unspecified atom stereocenters. The van der Waals surface area contributed by atoms with Crippen molar-refractivity contribution in [3.8, 4) is 0 Å². The molecule has 0 aromatic heterocycles. The first-order valence-electron chi connectivity index (χ1n) is 7.55. The zero-order chi connectivity index (χ0) is 15.0. The Bertz CT molecular complexity index is 549. The summed E-state index contributed by atoms with van der Waals surface area (Å²) in [4.78, 5) is 16.4. The van der Waals surface area contributed by atoms with Crippen molar-refractivity contribution in [2.45, 2.75) is 32.4 Å². The molecule has 2 heterocycles. The summed E-state index contributed by atoms with van der Waals surface area (Å²) in [6, 6.07) is 3.50. The van der Waals surface area contributed by atoms with Gasteiger partial charge < -0.3 is 4.90 Å². The molecular weight excluding hydrogens is 274 g/mol. The number of benzene rings is 1. The summed E-state index contributed by atoms with van der Waals surface area (Å²) in [6.45, 7) is 4.74. The van der Waals surface area contributed by atoms with Crippen LogP contribution in [-0.4, -0.2) is 41.4 Å². The molecule has 1 aromatic rings. The monoisotopic (exact) mass is 294 g/mol. The second kappa shape index (κ2) is 5.72. The van der Waals surface area contributed by atoms with Crippen molar-refractivity contribution < 1.29 is 13.6 Å². The molecule has 2 bridgehead atoms. The number of hydrogen-bond donors (Lipinski definition) is 0. The van der Waals surface area contributed by atoms with Crippen molar-refractivity contribution in [2.75, 3.05) is 19.6 Å². The summed E-state index contributed by atoms with van der Waals surface area (Å²) in [5.74, 6) is -0.397. The van der Waals surface area contributed by atoms with E-state index in [1.165, 1.54) is 12.1 Å². The quantitative estimate of drug-likeness (QED) is 0.854. The first-order valence-corrected chi connectivity index (χ1v) is 7.55. The number of hydrogen-bond acceptors (Lipinski definition) is 2. The number of likely N-dealkylation sites (N-methyl/N-ethyl adjacent to an activating group) is 1. The SMILES string of the molecule is CCN1C[C@H]2CCN(Cc3ccc(F)cc3F)[C@H](C2)C1=O. The van der Waals surface area contributed by atoms with Crippen molar-refractivity contribution in [3.05, 3.63) is 35.4 Å². The second-order valence-corrected chi connectivity index (χ2v) is 5.99. The zero-order valence-corrected chi connectivity index (χ0v) is 12.2. The number of carbonyl (C=O) groups excluding carboxylic acids is 1. The van der Waals surface area contributed by atoms with Gasteiger partial charge in [-0.25, -0.2) is 8.78 Å². The molecule has 114 valence electrons. The average molecular weight is 294 g/mol. The largest absolute Gasteiger partial charge is 0.341 e. The fourth-order valence-corrected chi connectivity index (χ4v) is 3.47. The number of likely N-dealkylation sites (tertiary alicyclic amines) is 2. The molecule has 5 heteroatoms. The fourth-order valence-electron chi connectivity index (χ4n) is 3.47. The van der Waals surface area contributed by atoms with Gasteiger partial charge >= 0.3 is 0 Å². The topological polar surface area (TPSA) is 23.6 Å². The Morgan fingerprint density at radius 2 is 2.14 bits per heavy atom. The predicted molar refractivity (Wildman–Crippen MR) is 75.5 cm³/mol. The summed E-state index contributed by atoms with van der Waals surface area (Å²) < 4.78 is 26.8. The van der Waals surface area contributed by atoms with Gasteiger partial charge in [-0.1, -0.05) is 6.07 Å². The molecule has 0 spiro atoms. The Morgan fingerprint density at radius 3 is 2.86 bits per heavy atom. The smallest absolute Gasteiger partial charge is 0.239 e. The van der Waals surface area contributed by atoms with E-state index in [4.69, 9.17) is 0 Å². The van der Waals surface area contributed by atoms with Gasteiger partial charge in [0.15, 0.2) is 0 Å². The summed E-state index contributed by atoms with van der Waals surface area (Å²) in [7, 11) is 0. The molecule has 2 saturated heterocycles. The van der Waals surface area contributed by atoms with Crippen molar-refractivity contribution in [3.63, 3.8) is 0 Å². The fraction of sp³-hybridized carbons (Fsp3) is 0.562. The Labute approximate surface area is 123 Å². The molecule has 1 amide bonds. The third-order valence-corrected chi connectivity index (χ3v) is 4.67. The van der Waals surface area contributed by atoms with E-state index in [9.17, 15) is 13.6 Å². The van der Waals surface area contributed by atoms with Crippen LogP contribution in [0.1, 0.15) is 25.3 Å². The number of amides is 1. The van der Waals surface area contributed by atoms with E-state index in [0.717, 1.165) is 38.5 Å². The van der Waals surface area contributed by atoms with Gasteiger partial charge in [-0.05, 0) is 38.3 Å². The van der Waals surface area contributed by atoms with Crippen LogP contribution in [-0.2, 0) is 11.3 Å². The number of piperidine rings is 2. The van der Waals surface area contributed by atoms with E-state index < -0.39 is 11.6 Å². The Kier molecular flexibility index (Phi) is 3.93. The Balaban J connectivity index is 1.77. The lowest BCUT2D eigenvalue weighted by Gasteiger charge is -2.46. The lowest BCUT2D eigenvalue weighted by atomic mass is 9.85. The third kappa shape index (κ3) is 2.79. The van der Waals surface area contributed by atoms with E-state index in [1.807, 2.05) is 16.7 Å². The molecule has 1 aromatic carbocycles. The van der Waals surface area contributed by atoms with E-state index in [0.29, 0.717) is 18.0 Å². The molecule has 2 atom stereocenters. The summed E-state index contributed by atoms with van der Waals surface area (Å²) >= 11 is 0. The van der Waals surface area contributed by atoms with Crippen molar-refractivity contribution in [1.82, 2.24) is 9.80 Å². The van der Waals surface area contributed by atoms with E-state index >= 15 is 0 Å². The van der Waals surface area contributed by atoms with Crippen molar-refractivity contribution in [2.24, 2.45) is 5.92 Å². The molecule has 3 rings (SSSR count). The van der Waals surface area contributed by atoms with Gasteiger partial charge in [0.1, 0.15) is 11.6 Å². The van der Waals surface area contributed by atoms with Crippen LogP contribution in [0, 0.1) is 17.6 Å². The van der Waals surface area contributed by atoms with Crippen LogP contribution in [0.4, 0.5) is 8.78 Å². The van der Waals surface area contributed by atoms with Gasteiger partial charge in [-0.15, -0.1) is 0 Å². The molecular formula is C16H20F2N2O. The highest BCUT2D eigenvalue weighted by Gasteiger charge is 2.40. The van der Waals surface area contributed by atoms with Crippen LogP contribution in [0.5, 0.6) is 0 Å². The highest BCUT2D eigenvalue weighted by Crippen LogP contribution is 2.31. The molecule has 2 fully saturated rings. The minimum absolute atomic E-state index is 0.149. The normalized spacial score (nSPS) is 26.2. The molecule has 21 heavy (non-hydrogen) atoms. The van der Waals surface area contributed by atoms with E-state index in [-0.39, 0.29) is 11.9 Å². The van der Waals surface area contributed by atoms with Crippen LogP contribution in [0.3, 0.4) is 0 Å². The molecule has 2 aliphatic rings. The molecule has 0 radical (unpaired) electrons. The highest BCUT2D eigenvalue weighted by molar-refractivity contribution is 5.83. The summed E-state index contributed by atoms with van der Waals surface area (Å²) in [5, 5.41) is 0. The predicted octanol–water partition coefficient (Wildman–Crippen LogP) is 2.41. The molecule has 3 nitrogen and oxygen atoms in total. The Morgan fingerprint density at radius 1 is 1.33 bits per heavy atom. The van der Waals surface area contributed by atoms with Crippen LogP contribution in [0.25, 0.3) is 0 Å². The number of fused-ring (bicyclic) bond motifs is 2. The molecule has 0 saturated carbocycles. The van der Waals surface area contributed by atoms with Gasteiger partial charge in [0.25, 0.3) is 0 Å². The van der Waals surface area contributed by atoms with Gasteiger partial charge in [-0.3, -0.25) is 9.69 Å². The summed E-state index contributed by atoms with van der Waals surface area (Å²) in [5.41, 5.74) is 0.455. The van der Waals surface area contributed by atoms with Crippen LogP contribution >= 0.6 is 0 Å². The third-order valence-electron chi connectivity index (χ3n) is 4.67. The zero-order valence-electron chi connectivity index (χ0n) is 12.2. The van der Waals surface area contributed by atoms with Crippen LogP contribution in [0.15, 0.2) is 18.2 Å². The second-order valence-electron chi connectivity index (χ2n) is 5.99. The van der Waals surface area contributed by atoms with E-state index in [2.05, 4.69) is 0 Å². The highest BCUT2D eigenvalue weighted by atomic mass is 19.1. The van der Waals surface area contributed by atoms with Gasteiger partial charge in [0.2, 0.25) is 5.91 Å². The van der Waals surface area contributed by atoms with Gasteiger partial charge in [0.05, 0.1) is 6.04 Å². The number of nitrogens with zero attached hydrogens (tertiary/aromatic N) is 2. The van der Waals surface area contributed by atoms with Crippen molar-refractivity contribution >= 4 is 5.91 Å². The molecule has 2 aliphatic heterocycles. The first kappa shape index (κ1) is 14.4. The lowest BCUT2D eigenvalue weighted by molar-refractivity contribution is -0.145. The van der Waals surface area contributed by atoms with Crippen LogP contribution in [0.2, 0.25) is 0 Å². The van der Waals surface area contributed by atoms with E-state index in [1.54, 1.807) is 0 Å². The molecule has 0 aliphatic carbocycles. The maximum absolute atomic E-state index is 13.8. The minimum atomic E-state index is -0.569. The number of carbonyl (C=O) groups is 1. The lowest BCUT2D eigenvalue weighted by Crippen LogP contribution is -2.58. The first-order chi connectivity index (χ1) is 10.1.